The maximum absolute atomic E-state index is 12.3. The van der Waals surface area contributed by atoms with Gasteiger partial charge in [0.1, 0.15) is 6.04 Å². The molecular formula is C20H25N3O3. The molecule has 3 rings (SSSR count). The van der Waals surface area contributed by atoms with E-state index in [1.807, 2.05) is 24.3 Å². The SMILES string of the molecule is CC1CCN(c2ccc(NC(=O)[C@@H](C)NC(=O)c3ccco3)cc2)CC1. The fourth-order valence-corrected chi connectivity index (χ4v) is 3.01. The number of hydrogen-bond donors (Lipinski definition) is 2. The van der Waals surface area contributed by atoms with Crippen LogP contribution in [0.3, 0.4) is 0 Å². The number of amides is 2. The van der Waals surface area contributed by atoms with Crippen molar-refractivity contribution in [3.63, 3.8) is 0 Å². The smallest absolute Gasteiger partial charge is 0.287 e. The minimum atomic E-state index is -0.671. The zero-order valence-electron chi connectivity index (χ0n) is 15.2. The van der Waals surface area contributed by atoms with Crippen LogP contribution in [-0.4, -0.2) is 30.9 Å². The van der Waals surface area contributed by atoms with E-state index >= 15 is 0 Å². The highest BCUT2D eigenvalue weighted by molar-refractivity contribution is 5.99. The van der Waals surface area contributed by atoms with Gasteiger partial charge in [0.25, 0.3) is 5.91 Å². The van der Waals surface area contributed by atoms with Gasteiger partial charge in [0.15, 0.2) is 5.76 Å². The number of nitrogens with one attached hydrogen (secondary N) is 2. The van der Waals surface area contributed by atoms with Crippen molar-refractivity contribution < 1.29 is 14.0 Å². The molecule has 0 saturated carbocycles. The minimum absolute atomic E-state index is 0.185. The third-order valence-corrected chi connectivity index (χ3v) is 4.77. The predicted molar refractivity (Wildman–Crippen MR) is 101 cm³/mol. The summed E-state index contributed by atoms with van der Waals surface area (Å²) in [7, 11) is 0. The molecule has 26 heavy (non-hydrogen) atoms. The van der Waals surface area contributed by atoms with Crippen LogP contribution in [0.1, 0.15) is 37.2 Å². The van der Waals surface area contributed by atoms with Crippen molar-refractivity contribution in [2.45, 2.75) is 32.7 Å². The third-order valence-electron chi connectivity index (χ3n) is 4.77. The molecule has 1 atom stereocenters. The van der Waals surface area contributed by atoms with Crippen molar-refractivity contribution in [1.29, 1.82) is 0 Å². The number of carbonyl (C=O) groups is 2. The maximum Gasteiger partial charge on any atom is 0.287 e. The Morgan fingerprint density at radius 1 is 1.15 bits per heavy atom. The molecule has 0 aliphatic carbocycles. The topological polar surface area (TPSA) is 74.6 Å². The van der Waals surface area contributed by atoms with Gasteiger partial charge in [0.2, 0.25) is 5.91 Å². The van der Waals surface area contributed by atoms with E-state index in [9.17, 15) is 9.59 Å². The van der Waals surface area contributed by atoms with Gasteiger partial charge in [-0.1, -0.05) is 6.92 Å². The first-order valence-electron chi connectivity index (χ1n) is 9.03. The normalized spacial score (nSPS) is 16.2. The highest BCUT2D eigenvalue weighted by Gasteiger charge is 2.19. The lowest BCUT2D eigenvalue weighted by molar-refractivity contribution is -0.117. The van der Waals surface area contributed by atoms with E-state index in [4.69, 9.17) is 4.42 Å². The standard InChI is InChI=1S/C20H25N3O3/c1-14-9-11-23(12-10-14)17-7-5-16(6-8-17)22-19(24)15(2)21-20(25)18-4-3-13-26-18/h3-8,13-15H,9-12H2,1-2H3,(H,21,25)(H,22,24)/t15-/m1/s1. The Kier molecular flexibility index (Phi) is 5.61. The fourth-order valence-electron chi connectivity index (χ4n) is 3.01. The van der Waals surface area contributed by atoms with E-state index in [-0.39, 0.29) is 11.7 Å². The lowest BCUT2D eigenvalue weighted by atomic mass is 9.99. The molecule has 2 aromatic rings. The van der Waals surface area contributed by atoms with Crippen molar-refractivity contribution in [1.82, 2.24) is 5.32 Å². The van der Waals surface area contributed by atoms with Gasteiger partial charge in [0, 0.05) is 24.5 Å². The number of anilines is 2. The molecule has 1 saturated heterocycles. The number of nitrogens with zero attached hydrogens (tertiary/aromatic N) is 1. The molecule has 6 nitrogen and oxygen atoms in total. The zero-order chi connectivity index (χ0) is 18.5. The van der Waals surface area contributed by atoms with Crippen molar-refractivity contribution in [2.24, 2.45) is 5.92 Å². The van der Waals surface area contributed by atoms with Crippen molar-refractivity contribution in [3.05, 3.63) is 48.4 Å². The molecular weight excluding hydrogens is 330 g/mol. The molecule has 2 heterocycles. The van der Waals surface area contributed by atoms with Gasteiger partial charge in [-0.3, -0.25) is 9.59 Å². The number of piperidine rings is 1. The molecule has 0 spiro atoms. The van der Waals surface area contributed by atoms with E-state index < -0.39 is 11.9 Å². The molecule has 0 radical (unpaired) electrons. The Labute approximate surface area is 153 Å². The maximum atomic E-state index is 12.3. The molecule has 1 aromatic carbocycles. The molecule has 2 N–H and O–H groups in total. The highest BCUT2D eigenvalue weighted by Crippen LogP contribution is 2.24. The van der Waals surface area contributed by atoms with Crippen LogP contribution < -0.4 is 15.5 Å². The predicted octanol–water partition coefficient (Wildman–Crippen LogP) is 3.27. The molecule has 1 aliphatic rings. The second-order valence-electron chi connectivity index (χ2n) is 6.88. The Morgan fingerprint density at radius 3 is 2.46 bits per heavy atom. The largest absolute Gasteiger partial charge is 0.459 e. The first-order valence-corrected chi connectivity index (χ1v) is 9.03. The number of benzene rings is 1. The lowest BCUT2D eigenvalue weighted by Gasteiger charge is -2.32. The van der Waals surface area contributed by atoms with E-state index in [0.717, 1.165) is 19.0 Å². The second-order valence-corrected chi connectivity index (χ2v) is 6.88. The summed E-state index contributed by atoms with van der Waals surface area (Å²) in [5.74, 6) is 0.296. The Balaban J connectivity index is 1.53. The summed E-state index contributed by atoms with van der Waals surface area (Å²) in [6.07, 6.45) is 3.85. The summed E-state index contributed by atoms with van der Waals surface area (Å²) in [6, 6.07) is 10.4. The van der Waals surface area contributed by atoms with Gasteiger partial charge in [-0.05, 0) is 62.1 Å². The van der Waals surface area contributed by atoms with Crippen LogP contribution in [0.15, 0.2) is 47.1 Å². The minimum Gasteiger partial charge on any atom is -0.459 e. The molecule has 0 unspecified atom stereocenters. The molecule has 1 aliphatic heterocycles. The van der Waals surface area contributed by atoms with Gasteiger partial charge in [0.05, 0.1) is 6.26 Å². The lowest BCUT2D eigenvalue weighted by Crippen LogP contribution is -2.41. The van der Waals surface area contributed by atoms with Crippen molar-refractivity contribution in [3.8, 4) is 0 Å². The van der Waals surface area contributed by atoms with Crippen LogP contribution in [0.2, 0.25) is 0 Å². The average molecular weight is 355 g/mol. The summed E-state index contributed by atoms with van der Waals surface area (Å²) in [4.78, 5) is 26.6. The molecule has 138 valence electrons. The first kappa shape index (κ1) is 18.0. The number of rotatable bonds is 5. The summed E-state index contributed by atoms with van der Waals surface area (Å²) in [5, 5.41) is 5.44. The Morgan fingerprint density at radius 2 is 1.85 bits per heavy atom. The Hall–Kier alpha value is -2.76. The summed E-state index contributed by atoms with van der Waals surface area (Å²) in [5.41, 5.74) is 1.89. The number of furan rings is 1. The van der Waals surface area contributed by atoms with Gasteiger partial charge in [-0.15, -0.1) is 0 Å². The number of hydrogen-bond acceptors (Lipinski definition) is 4. The van der Waals surface area contributed by atoms with E-state index in [2.05, 4.69) is 22.5 Å². The van der Waals surface area contributed by atoms with Crippen LogP contribution in [0, 0.1) is 5.92 Å². The second kappa shape index (κ2) is 8.08. The number of carbonyl (C=O) groups excluding carboxylic acids is 2. The molecule has 2 amide bonds. The molecule has 1 fully saturated rings. The molecule has 0 bridgehead atoms. The quantitative estimate of drug-likeness (QED) is 0.863. The van der Waals surface area contributed by atoms with Crippen LogP contribution in [0.25, 0.3) is 0 Å². The van der Waals surface area contributed by atoms with Crippen LogP contribution in [0.5, 0.6) is 0 Å². The van der Waals surface area contributed by atoms with Crippen molar-refractivity contribution >= 4 is 23.2 Å². The van der Waals surface area contributed by atoms with Gasteiger partial charge < -0.3 is 20.0 Å². The highest BCUT2D eigenvalue weighted by atomic mass is 16.3. The Bertz CT molecular complexity index is 732. The fraction of sp³-hybridized carbons (Fsp3) is 0.400. The zero-order valence-corrected chi connectivity index (χ0v) is 15.2. The van der Waals surface area contributed by atoms with Gasteiger partial charge in [-0.25, -0.2) is 0 Å². The summed E-state index contributed by atoms with van der Waals surface area (Å²) in [6.45, 7) is 6.08. The van der Waals surface area contributed by atoms with Crippen LogP contribution in [0.4, 0.5) is 11.4 Å². The van der Waals surface area contributed by atoms with E-state index in [1.54, 1.807) is 19.1 Å². The van der Waals surface area contributed by atoms with Crippen molar-refractivity contribution in [2.75, 3.05) is 23.3 Å². The third kappa shape index (κ3) is 4.45. The molecule has 6 heteroatoms. The molecule has 1 aromatic heterocycles. The van der Waals surface area contributed by atoms with E-state index in [0.29, 0.717) is 5.69 Å². The van der Waals surface area contributed by atoms with Crippen LogP contribution >= 0.6 is 0 Å². The monoisotopic (exact) mass is 355 g/mol. The average Bonchev–Trinajstić information content (AvgIpc) is 3.18. The summed E-state index contributed by atoms with van der Waals surface area (Å²) >= 11 is 0. The first-order chi connectivity index (χ1) is 12.5. The summed E-state index contributed by atoms with van der Waals surface area (Å²) < 4.78 is 5.02. The van der Waals surface area contributed by atoms with E-state index in [1.165, 1.54) is 24.8 Å². The van der Waals surface area contributed by atoms with Gasteiger partial charge >= 0.3 is 0 Å². The van der Waals surface area contributed by atoms with Gasteiger partial charge in [-0.2, -0.15) is 0 Å². The van der Waals surface area contributed by atoms with Crippen LogP contribution in [-0.2, 0) is 4.79 Å².